The molecule has 2 aromatic rings. The van der Waals surface area contributed by atoms with E-state index in [9.17, 15) is 24.4 Å². The Hall–Kier alpha value is -3.70. The van der Waals surface area contributed by atoms with Gasteiger partial charge >= 0.3 is 19.7 Å². The Bertz CT molecular complexity index is 1380. The molecule has 18 heteroatoms. The monoisotopic (exact) mass is 728 g/mol. The highest BCUT2D eigenvalue weighted by Gasteiger charge is 2.37. The number of carbonyl (C=O) groups excluding carboxylic acids is 2. The SMILES string of the molecule is CC.COc1nc(N)nc(N)c1N=CC[C@@H](O)C(O)C(COP(=O)(N[C@@H](CC(C)C)C(=O)OCc1ccccc1)OCC(=O)OC(C)C)OC. The molecule has 50 heavy (non-hydrogen) atoms. The summed E-state index contributed by atoms with van der Waals surface area (Å²) in [7, 11) is -1.93. The van der Waals surface area contributed by atoms with Gasteiger partial charge in [0, 0.05) is 19.7 Å². The number of benzene rings is 1. The lowest BCUT2D eigenvalue weighted by Gasteiger charge is -2.29. The number of nitrogens with zero attached hydrogens (tertiary/aromatic N) is 3. The van der Waals surface area contributed by atoms with Crippen LogP contribution in [0.25, 0.3) is 0 Å². The molecule has 0 aliphatic rings. The van der Waals surface area contributed by atoms with Crippen LogP contribution in [-0.4, -0.2) is 96.2 Å². The number of nitrogens with two attached hydrogens (primary N) is 2. The van der Waals surface area contributed by atoms with E-state index in [-0.39, 0.29) is 48.7 Å². The standard InChI is InChI=1S/C30H47N6O11P.C2H6/c1-18(2)14-21(29(40)44-15-20-10-8-7-9-11-20)36-48(41,46-17-24(38)47-19(3)4)45-16-23(42-5)26(39)22(37)12-13-33-25-27(31)34-30(32)35-28(25)43-6;1-2/h7-11,13,18-19,21-23,26,37,39H,12,14-17H2,1-6H3,(H,36,41)(H4,31,32,34,35);1-2H3/t21-,22+,23?,26?,48?;/m0./s1. The normalized spacial score (nSPS) is 15.0. The molecule has 0 spiro atoms. The maximum Gasteiger partial charge on any atom is 0.406 e. The van der Waals surface area contributed by atoms with Crippen LogP contribution < -0.4 is 21.3 Å². The molecule has 0 amide bonds. The van der Waals surface area contributed by atoms with Crippen LogP contribution >= 0.6 is 7.75 Å². The zero-order valence-corrected chi connectivity index (χ0v) is 30.9. The van der Waals surface area contributed by atoms with Gasteiger partial charge < -0.3 is 40.6 Å². The number of aromatic nitrogens is 2. The Labute approximate surface area is 293 Å². The first kappa shape index (κ1) is 44.3. The van der Waals surface area contributed by atoms with Crippen molar-refractivity contribution in [1.29, 1.82) is 0 Å². The number of nitrogen functional groups attached to an aromatic ring is 2. The molecule has 5 atom stereocenters. The van der Waals surface area contributed by atoms with Gasteiger partial charge in [0.2, 0.25) is 11.8 Å². The fourth-order valence-corrected chi connectivity index (χ4v) is 5.52. The number of carbonyl (C=O) groups is 2. The zero-order valence-electron chi connectivity index (χ0n) is 30.0. The van der Waals surface area contributed by atoms with Crippen molar-refractivity contribution in [2.75, 3.05) is 38.9 Å². The van der Waals surface area contributed by atoms with Gasteiger partial charge in [-0.2, -0.15) is 9.97 Å². The van der Waals surface area contributed by atoms with E-state index in [2.05, 4.69) is 20.0 Å². The second kappa shape index (κ2) is 22.9. The van der Waals surface area contributed by atoms with Crippen molar-refractivity contribution in [3.05, 3.63) is 35.9 Å². The largest absolute Gasteiger partial charge is 0.479 e. The van der Waals surface area contributed by atoms with Crippen LogP contribution in [0.4, 0.5) is 17.5 Å². The van der Waals surface area contributed by atoms with Gasteiger partial charge in [-0.05, 0) is 31.7 Å². The van der Waals surface area contributed by atoms with E-state index in [1.165, 1.54) is 20.4 Å². The Kier molecular flexibility index (Phi) is 20.3. The third-order valence-electron chi connectivity index (χ3n) is 6.39. The molecule has 7 N–H and O–H groups in total. The number of ether oxygens (including phenoxy) is 4. The molecule has 0 saturated carbocycles. The predicted octanol–water partition coefficient (Wildman–Crippen LogP) is 3.35. The van der Waals surface area contributed by atoms with Gasteiger partial charge in [-0.25, -0.2) is 14.4 Å². The summed E-state index contributed by atoms with van der Waals surface area (Å²) in [4.78, 5) is 37.2. The fourth-order valence-electron chi connectivity index (χ4n) is 4.09. The van der Waals surface area contributed by atoms with Gasteiger partial charge in [0.25, 0.3) is 0 Å². The van der Waals surface area contributed by atoms with Crippen molar-refractivity contribution in [1.82, 2.24) is 15.1 Å². The summed E-state index contributed by atoms with van der Waals surface area (Å²) in [5.74, 6) is -1.79. The third kappa shape index (κ3) is 15.9. The van der Waals surface area contributed by atoms with Gasteiger partial charge in [-0.1, -0.05) is 58.0 Å². The number of aliphatic imine (C=N–C) groups is 1. The predicted molar refractivity (Wildman–Crippen MR) is 188 cm³/mol. The summed E-state index contributed by atoms with van der Waals surface area (Å²) in [5, 5.41) is 24.1. The second-order valence-electron chi connectivity index (χ2n) is 11.2. The van der Waals surface area contributed by atoms with E-state index < -0.39 is 63.4 Å². The molecule has 0 fully saturated rings. The van der Waals surface area contributed by atoms with Crippen LogP contribution in [0.2, 0.25) is 0 Å². The van der Waals surface area contributed by atoms with Crippen LogP contribution in [0, 0.1) is 5.92 Å². The van der Waals surface area contributed by atoms with Crippen molar-refractivity contribution in [3.8, 4) is 5.88 Å². The molecule has 1 aromatic heterocycles. The summed E-state index contributed by atoms with van der Waals surface area (Å²) in [6, 6.07) is 7.81. The van der Waals surface area contributed by atoms with Crippen LogP contribution in [0.3, 0.4) is 0 Å². The first-order chi connectivity index (χ1) is 23.7. The van der Waals surface area contributed by atoms with Gasteiger partial charge in [-0.15, -0.1) is 0 Å². The van der Waals surface area contributed by atoms with Crippen molar-refractivity contribution >= 4 is 43.4 Å². The second-order valence-corrected chi connectivity index (χ2v) is 13.0. The van der Waals surface area contributed by atoms with E-state index >= 15 is 0 Å². The highest BCUT2D eigenvalue weighted by Crippen LogP contribution is 2.45. The van der Waals surface area contributed by atoms with Crippen LogP contribution in [0.5, 0.6) is 5.88 Å². The summed E-state index contributed by atoms with van der Waals surface area (Å²) in [5.41, 5.74) is 12.2. The molecule has 0 radical (unpaired) electrons. The number of aliphatic hydroxyl groups is 2. The first-order valence-electron chi connectivity index (χ1n) is 16.1. The minimum atomic E-state index is -4.50. The van der Waals surface area contributed by atoms with Gasteiger partial charge in [-0.3, -0.25) is 18.8 Å². The maximum atomic E-state index is 14.0. The molecule has 0 aliphatic carbocycles. The molecule has 2 rings (SSSR count). The zero-order chi connectivity index (χ0) is 37.9. The molecule has 3 unspecified atom stereocenters. The van der Waals surface area contributed by atoms with E-state index in [4.69, 9.17) is 39.5 Å². The van der Waals surface area contributed by atoms with E-state index in [1.807, 2.05) is 33.8 Å². The quantitative estimate of drug-likeness (QED) is 0.0702. The number of rotatable bonds is 21. The lowest BCUT2D eigenvalue weighted by molar-refractivity contribution is -0.150. The van der Waals surface area contributed by atoms with Crippen molar-refractivity contribution < 1.29 is 52.4 Å². The minimum absolute atomic E-state index is 0.00898. The van der Waals surface area contributed by atoms with Gasteiger partial charge in [0.05, 0.1) is 25.9 Å². The first-order valence-corrected chi connectivity index (χ1v) is 17.7. The molecule has 0 saturated heterocycles. The molecule has 0 aliphatic heterocycles. The molecule has 17 nitrogen and oxygen atoms in total. The molecule has 282 valence electrons. The Morgan fingerprint density at radius 2 is 1.70 bits per heavy atom. The van der Waals surface area contributed by atoms with E-state index in [1.54, 1.807) is 38.1 Å². The number of esters is 2. The molecule has 0 bridgehead atoms. The number of anilines is 2. The Balaban J connectivity index is 0.00000613. The Morgan fingerprint density at radius 1 is 1.04 bits per heavy atom. The van der Waals surface area contributed by atoms with Crippen LogP contribution in [-0.2, 0) is 44.0 Å². The highest BCUT2D eigenvalue weighted by molar-refractivity contribution is 7.51. The topological polar surface area (TPSA) is 249 Å². The molecular weight excluding hydrogens is 675 g/mol. The summed E-state index contributed by atoms with van der Waals surface area (Å²) in [6.45, 7) is 9.53. The number of hydrogen-bond donors (Lipinski definition) is 5. The number of nitrogens with one attached hydrogen (secondary N) is 1. The lowest BCUT2D eigenvalue weighted by Crippen LogP contribution is -2.43. The Morgan fingerprint density at radius 3 is 2.28 bits per heavy atom. The van der Waals surface area contributed by atoms with Crippen LogP contribution in [0.15, 0.2) is 35.3 Å². The van der Waals surface area contributed by atoms with Crippen molar-refractivity contribution in [2.24, 2.45) is 10.9 Å². The van der Waals surface area contributed by atoms with Gasteiger partial charge in [0.1, 0.15) is 24.9 Å². The average Bonchev–Trinajstić information content (AvgIpc) is 3.07. The molecule has 1 aromatic carbocycles. The summed E-state index contributed by atoms with van der Waals surface area (Å²) >= 11 is 0. The smallest absolute Gasteiger partial charge is 0.406 e. The van der Waals surface area contributed by atoms with E-state index in [0.717, 1.165) is 5.56 Å². The average molecular weight is 729 g/mol. The van der Waals surface area contributed by atoms with Crippen molar-refractivity contribution in [3.63, 3.8) is 0 Å². The third-order valence-corrected chi connectivity index (χ3v) is 7.98. The number of hydrogen-bond acceptors (Lipinski definition) is 16. The van der Waals surface area contributed by atoms with Crippen molar-refractivity contribution in [2.45, 2.75) is 91.4 Å². The fraction of sp³-hybridized carbons (Fsp3) is 0.594. The molecular formula is C32H53N6O11P. The minimum Gasteiger partial charge on any atom is -0.479 e. The summed E-state index contributed by atoms with van der Waals surface area (Å²) < 4.78 is 45.9. The summed E-state index contributed by atoms with van der Waals surface area (Å²) in [6.07, 6.45) is -3.57. The maximum absolute atomic E-state index is 14.0. The van der Waals surface area contributed by atoms with E-state index in [0.29, 0.717) is 0 Å². The number of methoxy groups -OCH3 is 2. The van der Waals surface area contributed by atoms with Crippen LogP contribution in [0.1, 0.15) is 59.9 Å². The van der Waals surface area contributed by atoms with Gasteiger partial charge in [0.15, 0.2) is 18.1 Å². The number of aliphatic hydroxyl groups excluding tert-OH is 2. The highest BCUT2D eigenvalue weighted by atomic mass is 31.2. The lowest BCUT2D eigenvalue weighted by atomic mass is 10.1. The molecule has 1 heterocycles.